The number of benzene rings is 2. The maximum Gasteiger partial charge on any atom is 0.350 e. The Balaban J connectivity index is 1.75. The zero-order chi connectivity index (χ0) is 22.2. The van der Waals surface area contributed by atoms with Crippen LogP contribution in [-0.2, 0) is 9.53 Å². The minimum Gasteiger partial charge on any atom is -0.462 e. The number of hydrogen-bond acceptors (Lipinski definition) is 6. The van der Waals surface area contributed by atoms with Crippen molar-refractivity contribution in [2.45, 2.75) is 6.92 Å². The summed E-state index contributed by atoms with van der Waals surface area (Å²) in [6.07, 6.45) is 2.99. The Morgan fingerprint density at radius 2 is 1.77 bits per heavy atom. The van der Waals surface area contributed by atoms with Gasteiger partial charge < -0.3 is 10.1 Å². The van der Waals surface area contributed by atoms with Crippen LogP contribution in [0.1, 0.15) is 32.5 Å². The molecule has 2 N–H and O–H groups in total. The number of anilines is 1. The molecule has 0 saturated carbocycles. The molecule has 0 atom stereocenters. The van der Waals surface area contributed by atoms with Gasteiger partial charge in [-0.3, -0.25) is 14.9 Å². The molecular formula is C23H21N3O4S. The summed E-state index contributed by atoms with van der Waals surface area (Å²) >= 11 is 1.06. The minimum absolute atomic E-state index is 0.177. The van der Waals surface area contributed by atoms with Gasteiger partial charge in [0.1, 0.15) is 4.88 Å². The van der Waals surface area contributed by atoms with E-state index in [-0.39, 0.29) is 18.4 Å². The van der Waals surface area contributed by atoms with Crippen LogP contribution in [0.3, 0.4) is 0 Å². The van der Waals surface area contributed by atoms with Crippen molar-refractivity contribution < 1.29 is 19.1 Å². The number of esters is 1. The highest BCUT2D eigenvalue weighted by Gasteiger charge is 2.21. The molecule has 158 valence electrons. The third-order valence-electron chi connectivity index (χ3n) is 4.19. The number of carbonyl (C=O) groups is 3. The molecule has 31 heavy (non-hydrogen) atoms. The molecule has 3 aromatic rings. The molecule has 0 bridgehead atoms. The Kier molecular flexibility index (Phi) is 7.29. The van der Waals surface area contributed by atoms with Crippen LogP contribution >= 0.6 is 11.3 Å². The van der Waals surface area contributed by atoms with Crippen molar-refractivity contribution >= 4 is 40.3 Å². The normalized spacial score (nSPS) is 10.6. The standard InChI is InChI=1S/C23H21N3O4S/c1-3-30-22(29)20-19(16-7-5-4-6-8-16)26-23(31-20)25-18(27)14-11-15-9-12-17(13-10-15)21(28)24-2/h4-14H,3H2,1-2H3,(H,24,28)(H,25,26,27)/b14-11+. The monoisotopic (exact) mass is 435 g/mol. The summed E-state index contributed by atoms with van der Waals surface area (Å²) in [6, 6.07) is 16.1. The number of ether oxygens (including phenoxy) is 1. The van der Waals surface area contributed by atoms with Gasteiger partial charge in [-0.2, -0.15) is 0 Å². The molecule has 0 unspecified atom stereocenters. The highest BCUT2D eigenvalue weighted by Crippen LogP contribution is 2.31. The molecule has 0 fully saturated rings. The number of carbonyl (C=O) groups excluding carboxylic acids is 3. The molecule has 0 saturated heterocycles. The average molecular weight is 436 g/mol. The second kappa shape index (κ2) is 10.3. The van der Waals surface area contributed by atoms with Crippen LogP contribution in [0.5, 0.6) is 0 Å². The molecule has 8 heteroatoms. The van der Waals surface area contributed by atoms with Crippen molar-refractivity contribution in [1.29, 1.82) is 0 Å². The summed E-state index contributed by atoms with van der Waals surface area (Å²) in [6.45, 7) is 1.98. The zero-order valence-electron chi connectivity index (χ0n) is 17.0. The highest BCUT2D eigenvalue weighted by atomic mass is 32.1. The lowest BCUT2D eigenvalue weighted by Crippen LogP contribution is -2.17. The summed E-state index contributed by atoms with van der Waals surface area (Å²) in [5.41, 5.74) is 2.52. The van der Waals surface area contributed by atoms with Crippen LogP contribution in [0.15, 0.2) is 60.7 Å². The highest BCUT2D eigenvalue weighted by molar-refractivity contribution is 7.18. The first kappa shape index (κ1) is 21.9. The fourth-order valence-corrected chi connectivity index (χ4v) is 3.59. The van der Waals surface area contributed by atoms with Crippen LogP contribution in [0.4, 0.5) is 5.13 Å². The van der Waals surface area contributed by atoms with Crippen LogP contribution in [0.25, 0.3) is 17.3 Å². The molecule has 0 radical (unpaired) electrons. The van der Waals surface area contributed by atoms with Crippen molar-refractivity contribution in [3.63, 3.8) is 0 Å². The Labute approximate surface area is 183 Å². The maximum atomic E-state index is 12.3. The van der Waals surface area contributed by atoms with Crippen molar-refractivity contribution in [1.82, 2.24) is 10.3 Å². The first-order valence-corrected chi connectivity index (χ1v) is 10.4. The first-order chi connectivity index (χ1) is 15.0. The largest absolute Gasteiger partial charge is 0.462 e. The van der Waals surface area contributed by atoms with Gasteiger partial charge in [0, 0.05) is 24.3 Å². The van der Waals surface area contributed by atoms with E-state index < -0.39 is 5.97 Å². The van der Waals surface area contributed by atoms with Crippen molar-refractivity contribution in [2.24, 2.45) is 0 Å². The van der Waals surface area contributed by atoms with Gasteiger partial charge in [0.15, 0.2) is 5.13 Å². The number of thiazole rings is 1. The van der Waals surface area contributed by atoms with E-state index in [1.54, 1.807) is 44.3 Å². The zero-order valence-corrected chi connectivity index (χ0v) is 17.9. The van der Waals surface area contributed by atoms with Gasteiger partial charge in [-0.05, 0) is 30.7 Å². The quantitative estimate of drug-likeness (QED) is 0.432. The number of aromatic nitrogens is 1. The van der Waals surface area contributed by atoms with Gasteiger partial charge >= 0.3 is 5.97 Å². The Hall–Kier alpha value is -3.78. The van der Waals surface area contributed by atoms with E-state index in [0.29, 0.717) is 21.3 Å². The van der Waals surface area contributed by atoms with Crippen molar-refractivity contribution in [3.8, 4) is 11.3 Å². The summed E-state index contributed by atoms with van der Waals surface area (Å²) in [5, 5.41) is 5.54. The first-order valence-electron chi connectivity index (χ1n) is 9.56. The predicted octanol–water partition coefficient (Wildman–Crippen LogP) is 4.00. The maximum absolute atomic E-state index is 12.3. The van der Waals surface area contributed by atoms with Crippen molar-refractivity contribution in [3.05, 3.63) is 76.7 Å². The number of nitrogens with one attached hydrogen (secondary N) is 2. The van der Waals surface area contributed by atoms with Gasteiger partial charge in [0.05, 0.1) is 12.3 Å². The predicted molar refractivity (Wildman–Crippen MR) is 121 cm³/mol. The van der Waals surface area contributed by atoms with Crippen LogP contribution in [-0.4, -0.2) is 36.4 Å². The SMILES string of the molecule is CCOC(=O)c1sc(NC(=O)/C=C/c2ccc(C(=O)NC)cc2)nc1-c1ccccc1. The Morgan fingerprint density at radius 3 is 2.42 bits per heavy atom. The van der Waals surface area contributed by atoms with Gasteiger partial charge in [0.25, 0.3) is 5.91 Å². The third-order valence-corrected chi connectivity index (χ3v) is 5.14. The average Bonchev–Trinajstić information content (AvgIpc) is 3.22. The van der Waals surface area contributed by atoms with E-state index >= 15 is 0 Å². The Morgan fingerprint density at radius 1 is 1.06 bits per heavy atom. The van der Waals surface area contributed by atoms with Gasteiger partial charge in [-0.15, -0.1) is 0 Å². The molecule has 1 aromatic heterocycles. The molecule has 0 spiro atoms. The van der Waals surface area contributed by atoms with E-state index in [2.05, 4.69) is 15.6 Å². The minimum atomic E-state index is -0.480. The van der Waals surface area contributed by atoms with Gasteiger partial charge in [0.2, 0.25) is 5.91 Å². The molecule has 1 heterocycles. The number of rotatable bonds is 7. The fraction of sp³-hybridized carbons (Fsp3) is 0.130. The number of amides is 2. The van der Waals surface area contributed by atoms with E-state index in [0.717, 1.165) is 22.5 Å². The summed E-state index contributed by atoms with van der Waals surface area (Å²) in [5.74, 6) is -1.05. The number of hydrogen-bond donors (Lipinski definition) is 2. The fourth-order valence-electron chi connectivity index (χ4n) is 2.71. The van der Waals surface area contributed by atoms with E-state index in [1.807, 2.05) is 30.3 Å². The van der Waals surface area contributed by atoms with Gasteiger partial charge in [-0.1, -0.05) is 53.8 Å². The molecule has 2 amide bonds. The summed E-state index contributed by atoms with van der Waals surface area (Å²) < 4.78 is 5.12. The lowest BCUT2D eigenvalue weighted by molar-refractivity contribution is -0.111. The van der Waals surface area contributed by atoms with E-state index in [9.17, 15) is 14.4 Å². The number of nitrogens with zero attached hydrogens (tertiary/aromatic N) is 1. The second-order valence-corrected chi connectivity index (χ2v) is 7.31. The lowest BCUT2D eigenvalue weighted by atomic mass is 10.1. The summed E-state index contributed by atoms with van der Waals surface area (Å²) in [4.78, 5) is 41.0. The van der Waals surface area contributed by atoms with E-state index in [1.165, 1.54) is 6.08 Å². The van der Waals surface area contributed by atoms with E-state index in [4.69, 9.17) is 4.74 Å². The lowest BCUT2D eigenvalue weighted by Gasteiger charge is -2.01. The molecular weight excluding hydrogens is 414 g/mol. The van der Waals surface area contributed by atoms with Crippen LogP contribution in [0, 0.1) is 0 Å². The smallest absolute Gasteiger partial charge is 0.350 e. The molecule has 7 nitrogen and oxygen atoms in total. The molecule has 3 rings (SSSR count). The Bertz CT molecular complexity index is 1110. The van der Waals surface area contributed by atoms with Crippen molar-refractivity contribution in [2.75, 3.05) is 19.0 Å². The summed E-state index contributed by atoms with van der Waals surface area (Å²) in [7, 11) is 1.57. The topological polar surface area (TPSA) is 97.4 Å². The molecule has 0 aliphatic carbocycles. The third kappa shape index (κ3) is 5.64. The van der Waals surface area contributed by atoms with Crippen LogP contribution in [0.2, 0.25) is 0 Å². The van der Waals surface area contributed by atoms with Gasteiger partial charge in [-0.25, -0.2) is 9.78 Å². The molecule has 2 aromatic carbocycles. The molecule has 0 aliphatic heterocycles. The van der Waals surface area contributed by atoms with Crippen LogP contribution < -0.4 is 10.6 Å². The second-order valence-electron chi connectivity index (χ2n) is 6.31. The molecule has 0 aliphatic rings.